The van der Waals surface area contributed by atoms with Crippen LogP contribution in [0.5, 0.6) is 0 Å². The Morgan fingerprint density at radius 3 is 2.34 bits per heavy atom. The first-order valence-corrected chi connectivity index (χ1v) is 11.6. The molecule has 32 heavy (non-hydrogen) atoms. The van der Waals surface area contributed by atoms with E-state index < -0.39 is 16.5 Å². The number of hydrogen-bond acceptors (Lipinski definition) is 5. The van der Waals surface area contributed by atoms with E-state index in [9.17, 15) is 19.7 Å². The van der Waals surface area contributed by atoms with Crippen molar-refractivity contribution in [2.45, 2.75) is 58.5 Å². The van der Waals surface area contributed by atoms with Crippen LogP contribution in [0, 0.1) is 17.0 Å². The number of carbonyl (C=O) groups excluding carboxylic acids is 2. The third-order valence-corrected chi connectivity index (χ3v) is 5.73. The predicted molar refractivity (Wildman–Crippen MR) is 128 cm³/mol. The van der Waals surface area contributed by atoms with Crippen molar-refractivity contribution in [3.05, 3.63) is 75.3 Å². The van der Waals surface area contributed by atoms with E-state index in [1.54, 1.807) is 24.0 Å². The van der Waals surface area contributed by atoms with Crippen LogP contribution in [0.3, 0.4) is 0 Å². The number of non-ortho nitro benzene ring substituents is 1. The first kappa shape index (κ1) is 25.4. The first-order chi connectivity index (χ1) is 15.0. The minimum atomic E-state index is -0.623. The van der Waals surface area contributed by atoms with Gasteiger partial charge >= 0.3 is 0 Å². The third kappa shape index (κ3) is 8.00. The van der Waals surface area contributed by atoms with Crippen molar-refractivity contribution >= 4 is 29.3 Å². The number of thioether (sulfide) groups is 1. The van der Waals surface area contributed by atoms with Gasteiger partial charge in [0.2, 0.25) is 11.8 Å². The minimum absolute atomic E-state index is 0.0397. The second-order valence-corrected chi connectivity index (χ2v) is 9.83. The second-order valence-electron chi connectivity index (χ2n) is 8.84. The molecule has 1 atom stereocenters. The fraction of sp³-hybridized carbons (Fsp3) is 0.417. The zero-order valence-electron chi connectivity index (χ0n) is 19.3. The van der Waals surface area contributed by atoms with Gasteiger partial charge in [0.15, 0.2) is 0 Å². The quantitative estimate of drug-likeness (QED) is 0.443. The number of rotatable bonds is 9. The summed E-state index contributed by atoms with van der Waals surface area (Å²) in [6.45, 7) is 9.80. The Bertz CT molecular complexity index is 954. The molecule has 0 unspecified atom stereocenters. The van der Waals surface area contributed by atoms with Gasteiger partial charge in [-0.25, -0.2) is 0 Å². The molecule has 172 valence electrons. The SMILES string of the molecule is Cc1cccc(CN(C(=O)CSCc2ccc([N+](=O)[O-])cc2)[C@@H](C)C(=O)NC(C)(C)C)c1. The van der Waals surface area contributed by atoms with Gasteiger partial charge in [-0.1, -0.05) is 42.0 Å². The number of nitrogens with zero attached hydrogens (tertiary/aromatic N) is 2. The maximum absolute atomic E-state index is 13.1. The Hall–Kier alpha value is -2.87. The number of nitro benzene ring substituents is 1. The summed E-state index contributed by atoms with van der Waals surface area (Å²) in [5.74, 6) is 0.425. The second kappa shape index (κ2) is 11.1. The Morgan fingerprint density at radius 2 is 1.78 bits per heavy atom. The topological polar surface area (TPSA) is 92.6 Å². The number of nitro groups is 1. The number of carbonyl (C=O) groups is 2. The molecule has 7 nitrogen and oxygen atoms in total. The zero-order chi connectivity index (χ0) is 23.9. The van der Waals surface area contributed by atoms with Crippen LogP contribution >= 0.6 is 11.8 Å². The molecule has 0 fully saturated rings. The molecule has 0 spiro atoms. The standard InChI is InChI=1S/C24H31N3O4S/c1-17-7-6-8-20(13-17)14-26(18(2)23(29)25-24(3,4)5)22(28)16-32-15-19-9-11-21(12-10-19)27(30)31/h6-13,18H,14-16H2,1-5H3,(H,25,29)/t18-/m0/s1. The number of aryl methyl sites for hydroxylation is 1. The van der Waals surface area contributed by atoms with E-state index >= 15 is 0 Å². The molecular formula is C24H31N3O4S. The van der Waals surface area contributed by atoms with E-state index in [1.165, 1.54) is 23.9 Å². The van der Waals surface area contributed by atoms with Crippen LogP contribution in [-0.4, -0.2) is 39.0 Å². The summed E-state index contributed by atoms with van der Waals surface area (Å²) in [7, 11) is 0. The molecule has 2 aromatic carbocycles. The highest BCUT2D eigenvalue weighted by atomic mass is 32.2. The van der Waals surface area contributed by atoms with Gasteiger partial charge in [0.25, 0.3) is 5.69 Å². The summed E-state index contributed by atoms with van der Waals surface area (Å²) < 4.78 is 0. The van der Waals surface area contributed by atoms with E-state index in [4.69, 9.17) is 0 Å². The molecule has 0 aliphatic heterocycles. The maximum atomic E-state index is 13.1. The molecule has 0 aromatic heterocycles. The van der Waals surface area contributed by atoms with Crippen LogP contribution in [0.15, 0.2) is 48.5 Å². The Morgan fingerprint density at radius 1 is 1.12 bits per heavy atom. The summed E-state index contributed by atoms with van der Waals surface area (Å²) >= 11 is 1.42. The lowest BCUT2D eigenvalue weighted by molar-refractivity contribution is -0.384. The minimum Gasteiger partial charge on any atom is -0.350 e. The molecule has 8 heteroatoms. The monoisotopic (exact) mass is 457 g/mol. The van der Waals surface area contributed by atoms with E-state index in [0.717, 1.165) is 16.7 Å². The zero-order valence-corrected chi connectivity index (χ0v) is 20.1. The molecule has 0 radical (unpaired) electrons. The van der Waals surface area contributed by atoms with Gasteiger partial charge in [0.1, 0.15) is 6.04 Å². The number of hydrogen-bond donors (Lipinski definition) is 1. The van der Waals surface area contributed by atoms with Crippen LogP contribution in [0.25, 0.3) is 0 Å². The average Bonchev–Trinajstić information content (AvgIpc) is 2.70. The van der Waals surface area contributed by atoms with Crippen molar-refractivity contribution in [3.8, 4) is 0 Å². The van der Waals surface area contributed by atoms with Crippen molar-refractivity contribution < 1.29 is 14.5 Å². The van der Waals surface area contributed by atoms with Crippen molar-refractivity contribution in [1.82, 2.24) is 10.2 Å². The summed E-state index contributed by atoms with van der Waals surface area (Å²) in [5, 5.41) is 13.7. The van der Waals surface area contributed by atoms with Crippen molar-refractivity contribution in [2.24, 2.45) is 0 Å². The highest BCUT2D eigenvalue weighted by Gasteiger charge is 2.28. The smallest absolute Gasteiger partial charge is 0.269 e. The first-order valence-electron chi connectivity index (χ1n) is 10.4. The third-order valence-electron chi connectivity index (χ3n) is 4.74. The number of nitrogens with one attached hydrogen (secondary N) is 1. The highest BCUT2D eigenvalue weighted by Crippen LogP contribution is 2.19. The van der Waals surface area contributed by atoms with Gasteiger partial charge in [-0.15, -0.1) is 11.8 Å². The van der Waals surface area contributed by atoms with E-state index in [0.29, 0.717) is 12.3 Å². The van der Waals surface area contributed by atoms with Crippen LogP contribution in [0.2, 0.25) is 0 Å². The molecule has 0 heterocycles. The van der Waals surface area contributed by atoms with Gasteiger partial charge in [-0.3, -0.25) is 19.7 Å². The molecule has 2 amide bonds. The summed E-state index contributed by atoms with van der Waals surface area (Å²) in [6, 6.07) is 13.6. The van der Waals surface area contributed by atoms with Crippen LogP contribution in [0.4, 0.5) is 5.69 Å². The van der Waals surface area contributed by atoms with Gasteiger partial charge in [0, 0.05) is 30.0 Å². The summed E-state index contributed by atoms with van der Waals surface area (Å²) in [4.78, 5) is 37.8. The van der Waals surface area contributed by atoms with Gasteiger partial charge in [-0.05, 0) is 45.7 Å². The lowest BCUT2D eigenvalue weighted by Crippen LogP contribution is -2.52. The van der Waals surface area contributed by atoms with Crippen molar-refractivity contribution in [2.75, 3.05) is 5.75 Å². The summed E-state index contributed by atoms with van der Waals surface area (Å²) in [6.07, 6.45) is 0. The normalized spacial score (nSPS) is 12.2. The number of benzene rings is 2. The van der Waals surface area contributed by atoms with Gasteiger partial charge in [0.05, 0.1) is 10.7 Å². The highest BCUT2D eigenvalue weighted by molar-refractivity contribution is 7.99. The summed E-state index contributed by atoms with van der Waals surface area (Å²) in [5.41, 5.74) is 2.60. The lowest BCUT2D eigenvalue weighted by Gasteiger charge is -2.31. The van der Waals surface area contributed by atoms with E-state index in [1.807, 2.05) is 52.0 Å². The van der Waals surface area contributed by atoms with Crippen LogP contribution < -0.4 is 5.32 Å². The maximum Gasteiger partial charge on any atom is 0.269 e. The fourth-order valence-electron chi connectivity index (χ4n) is 3.12. The molecule has 0 bridgehead atoms. The molecular weight excluding hydrogens is 426 g/mol. The largest absolute Gasteiger partial charge is 0.350 e. The average molecular weight is 458 g/mol. The van der Waals surface area contributed by atoms with E-state index in [2.05, 4.69) is 5.32 Å². The molecule has 2 aromatic rings. The Balaban J connectivity index is 2.08. The van der Waals surface area contributed by atoms with Crippen molar-refractivity contribution in [3.63, 3.8) is 0 Å². The fourth-order valence-corrected chi connectivity index (χ4v) is 3.99. The molecule has 0 saturated heterocycles. The van der Waals surface area contributed by atoms with E-state index in [-0.39, 0.29) is 23.3 Å². The Kier molecular flexibility index (Phi) is 8.83. The number of amides is 2. The van der Waals surface area contributed by atoms with Crippen LogP contribution in [-0.2, 0) is 21.9 Å². The Labute approximate surface area is 193 Å². The van der Waals surface area contributed by atoms with Crippen LogP contribution in [0.1, 0.15) is 44.4 Å². The van der Waals surface area contributed by atoms with Crippen molar-refractivity contribution in [1.29, 1.82) is 0 Å². The molecule has 0 aliphatic carbocycles. The molecule has 0 saturated carbocycles. The van der Waals surface area contributed by atoms with Gasteiger partial charge in [-0.2, -0.15) is 0 Å². The molecule has 0 aliphatic rings. The lowest BCUT2D eigenvalue weighted by atomic mass is 10.1. The molecule has 1 N–H and O–H groups in total. The van der Waals surface area contributed by atoms with Gasteiger partial charge < -0.3 is 10.2 Å². The molecule has 2 rings (SSSR count). The predicted octanol–water partition coefficient (Wildman–Crippen LogP) is 4.47.